The Kier molecular flexibility index (Phi) is 18.3. The van der Waals surface area contributed by atoms with Crippen molar-refractivity contribution in [3.8, 4) is 0 Å². The van der Waals surface area contributed by atoms with Gasteiger partial charge in [0.1, 0.15) is 0 Å². The van der Waals surface area contributed by atoms with Crippen LogP contribution in [0.4, 0.5) is 0 Å². The van der Waals surface area contributed by atoms with Gasteiger partial charge in [0, 0.05) is 0 Å². The maximum atomic E-state index is 4.45. The SMILES string of the molecule is CCCCCCCC(CC)N=C=NCCCN(C)C.Cl. The van der Waals surface area contributed by atoms with Gasteiger partial charge in [-0.2, -0.15) is 0 Å². The smallest absolute Gasteiger partial charge is 0.0895 e. The molecule has 0 spiro atoms. The number of hydrogen-bond donors (Lipinski definition) is 0. The highest BCUT2D eigenvalue weighted by molar-refractivity contribution is 5.85. The first kappa shape index (κ1) is 21.9. The Labute approximate surface area is 132 Å². The molecular weight excluding hydrogens is 270 g/mol. The molecule has 4 heteroatoms. The van der Waals surface area contributed by atoms with Crippen LogP contribution in [-0.2, 0) is 0 Å². The first-order valence-electron chi connectivity index (χ1n) is 7.96. The van der Waals surface area contributed by atoms with Crippen molar-refractivity contribution < 1.29 is 0 Å². The number of rotatable bonds is 12. The maximum Gasteiger partial charge on any atom is 0.0895 e. The number of hydrogen-bond acceptors (Lipinski definition) is 3. The first-order chi connectivity index (χ1) is 9.20. The van der Waals surface area contributed by atoms with Gasteiger partial charge in [0.15, 0.2) is 0 Å². The fourth-order valence-electron chi connectivity index (χ4n) is 1.98. The van der Waals surface area contributed by atoms with Gasteiger partial charge >= 0.3 is 0 Å². The third-order valence-electron chi connectivity index (χ3n) is 3.30. The van der Waals surface area contributed by atoms with Crippen LogP contribution in [0.3, 0.4) is 0 Å². The molecule has 0 bridgehead atoms. The van der Waals surface area contributed by atoms with Crippen molar-refractivity contribution in [1.82, 2.24) is 4.90 Å². The molecule has 0 saturated heterocycles. The molecule has 0 aromatic carbocycles. The minimum Gasteiger partial charge on any atom is -0.309 e. The molecule has 0 amide bonds. The van der Waals surface area contributed by atoms with Crippen molar-refractivity contribution in [3.05, 3.63) is 0 Å². The molecule has 0 aromatic heterocycles. The summed E-state index contributed by atoms with van der Waals surface area (Å²) < 4.78 is 0. The lowest BCUT2D eigenvalue weighted by atomic mass is 10.1. The largest absolute Gasteiger partial charge is 0.309 e. The average Bonchev–Trinajstić information content (AvgIpc) is 2.39. The van der Waals surface area contributed by atoms with E-state index >= 15 is 0 Å². The van der Waals surface area contributed by atoms with E-state index in [4.69, 9.17) is 0 Å². The van der Waals surface area contributed by atoms with Gasteiger partial charge in [-0.1, -0.05) is 46.0 Å². The summed E-state index contributed by atoms with van der Waals surface area (Å²) in [7, 11) is 4.17. The predicted octanol–water partition coefficient (Wildman–Crippen LogP) is 4.67. The molecule has 0 N–H and O–H groups in total. The molecule has 120 valence electrons. The van der Waals surface area contributed by atoms with Gasteiger partial charge in [0.05, 0.1) is 18.6 Å². The Morgan fingerprint density at radius 2 is 1.70 bits per heavy atom. The second-order valence-corrected chi connectivity index (χ2v) is 5.53. The molecule has 0 saturated carbocycles. The van der Waals surface area contributed by atoms with E-state index in [2.05, 4.69) is 48.8 Å². The van der Waals surface area contributed by atoms with Crippen LogP contribution in [0.1, 0.15) is 65.2 Å². The fourth-order valence-corrected chi connectivity index (χ4v) is 1.98. The fraction of sp³-hybridized carbons (Fsp3) is 0.938. The van der Waals surface area contributed by atoms with Crippen LogP contribution >= 0.6 is 12.4 Å². The Bertz CT molecular complexity index is 248. The van der Waals surface area contributed by atoms with Gasteiger partial charge < -0.3 is 4.90 Å². The van der Waals surface area contributed by atoms with E-state index in [1.54, 1.807) is 0 Å². The van der Waals surface area contributed by atoms with Gasteiger partial charge in [-0.15, -0.1) is 12.4 Å². The molecule has 0 heterocycles. The van der Waals surface area contributed by atoms with E-state index in [9.17, 15) is 0 Å². The van der Waals surface area contributed by atoms with Crippen molar-refractivity contribution in [3.63, 3.8) is 0 Å². The number of aliphatic imine (C=N–C) groups is 2. The molecular formula is C16H34ClN3. The second-order valence-electron chi connectivity index (χ2n) is 5.53. The van der Waals surface area contributed by atoms with E-state index in [0.717, 1.165) is 25.9 Å². The van der Waals surface area contributed by atoms with Crippen LogP contribution < -0.4 is 0 Å². The monoisotopic (exact) mass is 303 g/mol. The van der Waals surface area contributed by atoms with Crippen LogP contribution in [0, 0.1) is 0 Å². The van der Waals surface area contributed by atoms with Crippen molar-refractivity contribution in [2.45, 2.75) is 71.3 Å². The van der Waals surface area contributed by atoms with Crippen molar-refractivity contribution in [2.24, 2.45) is 9.98 Å². The van der Waals surface area contributed by atoms with Crippen LogP contribution in [0.5, 0.6) is 0 Å². The summed E-state index contributed by atoms with van der Waals surface area (Å²) in [4.78, 5) is 10.9. The Hall–Kier alpha value is -0.370. The van der Waals surface area contributed by atoms with Crippen molar-refractivity contribution in [1.29, 1.82) is 0 Å². The van der Waals surface area contributed by atoms with Crippen LogP contribution in [0.2, 0.25) is 0 Å². The molecule has 1 unspecified atom stereocenters. The van der Waals surface area contributed by atoms with E-state index < -0.39 is 0 Å². The van der Waals surface area contributed by atoms with E-state index in [0.29, 0.717) is 6.04 Å². The zero-order valence-corrected chi connectivity index (χ0v) is 14.7. The van der Waals surface area contributed by atoms with Gasteiger partial charge in [-0.25, -0.2) is 9.98 Å². The predicted molar refractivity (Wildman–Crippen MR) is 92.6 cm³/mol. The molecule has 0 aliphatic rings. The normalized spacial score (nSPS) is 11.7. The highest BCUT2D eigenvalue weighted by Crippen LogP contribution is 2.11. The molecule has 3 nitrogen and oxygen atoms in total. The number of halogens is 1. The zero-order chi connectivity index (χ0) is 14.3. The van der Waals surface area contributed by atoms with E-state index in [-0.39, 0.29) is 12.4 Å². The Balaban J connectivity index is 0. The second kappa shape index (κ2) is 16.7. The molecule has 0 radical (unpaired) electrons. The molecule has 0 rings (SSSR count). The summed E-state index contributed by atoms with van der Waals surface area (Å²) in [6, 6.07) is 3.32. The van der Waals surface area contributed by atoms with E-state index in [1.807, 2.05) is 0 Å². The topological polar surface area (TPSA) is 28.0 Å². The third kappa shape index (κ3) is 15.7. The first-order valence-corrected chi connectivity index (χ1v) is 7.96. The van der Waals surface area contributed by atoms with Crippen LogP contribution in [-0.4, -0.2) is 44.1 Å². The summed E-state index contributed by atoms with van der Waals surface area (Å²) in [5.74, 6) is 0. The quantitative estimate of drug-likeness (QED) is 0.380. The van der Waals surface area contributed by atoms with Crippen LogP contribution in [0.25, 0.3) is 0 Å². The molecule has 0 fully saturated rings. The summed E-state index contributed by atoms with van der Waals surface area (Å²) >= 11 is 0. The maximum absolute atomic E-state index is 4.45. The average molecular weight is 304 g/mol. The van der Waals surface area contributed by atoms with Gasteiger partial charge in [-0.3, -0.25) is 0 Å². The Morgan fingerprint density at radius 1 is 1.00 bits per heavy atom. The number of nitrogens with zero attached hydrogens (tertiary/aromatic N) is 3. The summed E-state index contributed by atoms with van der Waals surface area (Å²) in [6.45, 7) is 6.38. The molecule has 0 aliphatic heterocycles. The summed E-state index contributed by atoms with van der Waals surface area (Å²) in [5.41, 5.74) is 0. The van der Waals surface area contributed by atoms with Gasteiger partial charge in [0.25, 0.3) is 0 Å². The minimum atomic E-state index is 0. The minimum absolute atomic E-state index is 0. The highest BCUT2D eigenvalue weighted by Gasteiger charge is 2.02. The zero-order valence-electron chi connectivity index (χ0n) is 13.9. The lowest BCUT2D eigenvalue weighted by Gasteiger charge is -2.07. The standard InChI is InChI=1S/C16H33N3.ClH/c1-5-7-8-9-10-12-16(6-2)18-15-17-13-11-14-19(3)4;/h16H,5-14H2,1-4H3;1H. The molecule has 20 heavy (non-hydrogen) atoms. The van der Waals surface area contributed by atoms with Crippen molar-refractivity contribution in [2.75, 3.05) is 27.2 Å². The molecule has 0 aromatic rings. The molecule has 1 atom stereocenters. The lowest BCUT2D eigenvalue weighted by molar-refractivity contribution is 0.403. The van der Waals surface area contributed by atoms with E-state index in [1.165, 1.54) is 38.5 Å². The Morgan fingerprint density at radius 3 is 2.30 bits per heavy atom. The van der Waals surface area contributed by atoms with Crippen LogP contribution in [0.15, 0.2) is 9.98 Å². The highest BCUT2D eigenvalue weighted by atomic mass is 35.5. The van der Waals surface area contributed by atoms with Gasteiger partial charge in [0.2, 0.25) is 0 Å². The molecule has 0 aliphatic carbocycles. The van der Waals surface area contributed by atoms with Gasteiger partial charge in [-0.05, 0) is 39.9 Å². The summed E-state index contributed by atoms with van der Waals surface area (Å²) in [5, 5.41) is 0. The lowest BCUT2D eigenvalue weighted by Crippen LogP contribution is -2.13. The number of unbranched alkanes of at least 4 members (excludes halogenated alkanes) is 4. The van der Waals surface area contributed by atoms with Crippen molar-refractivity contribution >= 4 is 18.4 Å². The summed E-state index contributed by atoms with van der Waals surface area (Å²) in [6.07, 6.45) is 10.1. The third-order valence-corrected chi connectivity index (χ3v) is 3.30.